The Hall–Kier alpha value is -0.580. The summed E-state index contributed by atoms with van der Waals surface area (Å²) in [5.41, 5.74) is -0.344. The van der Waals surface area contributed by atoms with Gasteiger partial charge in [-0.3, -0.25) is 4.79 Å². The van der Waals surface area contributed by atoms with Crippen molar-refractivity contribution in [3.8, 4) is 0 Å². The minimum absolute atomic E-state index is 0.242. The van der Waals surface area contributed by atoms with Crippen molar-refractivity contribution in [1.29, 1.82) is 0 Å². The molecule has 1 saturated carbocycles. The van der Waals surface area contributed by atoms with Gasteiger partial charge in [0.15, 0.2) is 0 Å². The van der Waals surface area contributed by atoms with Crippen LogP contribution < -0.4 is 5.32 Å². The normalized spacial score (nSPS) is 18.4. The Morgan fingerprint density at radius 1 is 1.30 bits per heavy atom. The minimum atomic E-state index is -0.773. The summed E-state index contributed by atoms with van der Waals surface area (Å²) >= 11 is 9.40. The van der Waals surface area contributed by atoms with Crippen LogP contribution in [-0.4, -0.2) is 23.2 Å². The number of carbonyl (C=O) groups excluding carboxylic acids is 1. The molecule has 2 N–H and O–H groups in total. The van der Waals surface area contributed by atoms with Crippen molar-refractivity contribution >= 4 is 33.4 Å². The van der Waals surface area contributed by atoms with Gasteiger partial charge in [-0.15, -0.1) is 0 Å². The molecule has 2 rings (SSSR count). The Balaban J connectivity index is 1.99. The molecule has 3 nitrogen and oxygen atoms in total. The molecule has 110 valence electrons. The third-order valence-corrected chi connectivity index (χ3v) is 5.10. The molecule has 20 heavy (non-hydrogen) atoms. The SMILES string of the molecule is O=C(NCC1(O)CCCCCC1)c1cccc(Br)c1Cl. The molecule has 0 aliphatic heterocycles. The summed E-state index contributed by atoms with van der Waals surface area (Å²) in [6.07, 6.45) is 5.86. The molecular weight excluding hydrogens is 342 g/mol. The molecule has 0 atom stereocenters. The maximum absolute atomic E-state index is 12.2. The Morgan fingerprint density at radius 2 is 1.95 bits per heavy atom. The number of nitrogens with one attached hydrogen (secondary N) is 1. The fourth-order valence-corrected chi connectivity index (χ4v) is 3.16. The standard InChI is InChI=1S/C15H19BrClNO2/c16-12-7-5-6-11(13(12)17)14(19)18-10-15(20)8-3-1-2-4-9-15/h5-7,20H,1-4,8-10H2,(H,18,19). The van der Waals surface area contributed by atoms with Gasteiger partial charge in [-0.1, -0.05) is 43.4 Å². The van der Waals surface area contributed by atoms with Crippen LogP contribution in [0.2, 0.25) is 5.02 Å². The van der Waals surface area contributed by atoms with Crippen molar-refractivity contribution in [2.45, 2.75) is 44.1 Å². The number of aliphatic hydroxyl groups is 1. The van der Waals surface area contributed by atoms with Crippen LogP contribution in [0.1, 0.15) is 48.9 Å². The first-order chi connectivity index (χ1) is 9.52. The molecule has 1 aliphatic rings. The van der Waals surface area contributed by atoms with E-state index in [1.54, 1.807) is 18.2 Å². The smallest absolute Gasteiger partial charge is 0.252 e. The zero-order valence-corrected chi connectivity index (χ0v) is 13.6. The van der Waals surface area contributed by atoms with E-state index in [0.29, 0.717) is 15.1 Å². The molecule has 1 aromatic carbocycles. The van der Waals surface area contributed by atoms with Gasteiger partial charge in [0, 0.05) is 11.0 Å². The van der Waals surface area contributed by atoms with Gasteiger partial charge in [-0.2, -0.15) is 0 Å². The monoisotopic (exact) mass is 359 g/mol. The first-order valence-corrected chi connectivity index (χ1v) is 8.13. The quantitative estimate of drug-likeness (QED) is 0.803. The van der Waals surface area contributed by atoms with Crippen molar-refractivity contribution in [3.05, 3.63) is 33.3 Å². The van der Waals surface area contributed by atoms with Gasteiger partial charge < -0.3 is 10.4 Å². The van der Waals surface area contributed by atoms with E-state index in [1.807, 2.05) is 0 Å². The largest absolute Gasteiger partial charge is 0.388 e. The van der Waals surface area contributed by atoms with E-state index in [-0.39, 0.29) is 12.5 Å². The van der Waals surface area contributed by atoms with Crippen molar-refractivity contribution in [3.63, 3.8) is 0 Å². The van der Waals surface area contributed by atoms with Gasteiger partial charge in [0.1, 0.15) is 0 Å². The van der Waals surface area contributed by atoms with Gasteiger partial charge >= 0.3 is 0 Å². The molecule has 0 aromatic heterocycles. The van der Waals surface area contributed by atoms with E-state index < -0.39 is 5.60 Å². The molecule has 0 radical (unpaired) electrons. The van der Waals surface area contributed by atoms with Crippen LogP contribution >= 0.6 is 27.5 Å². The first kappa shape index (κ1) is 15.8. The summed E-state index contributed by atoms with van der Waals surface area (Å²) in [6, 6.07) is 5.24. The van der Waals surface area contributed by atoms with Crippen LogP contribution in [0.15, 0.2) is 22.7 Å². The van der Waals surface area contributed by atoms with Crippen LogP contribution in [0, 0.1) is 0 Å². The van der Waals surface area contributed by atoms with Crippen LogP contribution in [0.5, 0.6) is 0 Å². The van der Waals surface area contributed by atoms with E-state index in [0.717, 1.165) is 38.5 Å². The number of benzene rings is 1. The van der Waals surface area contributed by atoms with Gasteiger partial charge in [-0.25, -0.2) is 0 Å². The highest BCUT2D eigenvalue weighted by Gasteiger charge is 2.28. The minimum Gasteiger partial charge on any atom is -0.388 e. The Morgan fingerprint density at radius 3 is 2.60 bits per heavy atom. The molecular formula is C15H19BrClNO2. The summed E-state index contributed by atoms with van der Waals surface area (Å²) in [5.74, 6) is -0.242. The lowest BCUT2D eigenvalue weighted by Gasteiger charge is -2.26. The van der Waals surface area contributed by atoms with E-state index >= 15 is 0 Å². The van der Waals surface area contributed by atoms with Gasteiger partial charge in [0.2, 0.25) is 0 Å². The number of amides is 1. The summed E-state index contributed by atoms with van der Waals surface area (Å²) in [6.45, 7) is 0.286. The Labute approximate surface area is 132 Å². The highest BCUT2D eigenvalue weighted by atomic mass is 79.9. The van der Waals surface area contributed by atoms with E-state index in [2.05, 4.69) is 21.2 Å². The van der Waals surface area contributed by atoms with Gasteiger partial charge in [-0.05, 0) is 40.9 Å². The van der Waals surface area contributed by atoms with Crippen molar-refractivity contribution < 1.29 is 9.90 Å². The lowest BCUT2D eigenvalue weighted by atomic mass is 9.94. The molecule has 0 spiro atoms. The Kier molecular flexibility index (Phi) is 5.47. The zero-order valence-electron chi connectivity index (χ0n) is 11.3. The van der Waals surface area contributed by atoms with Crippen molar-refractivity contribution in [1.82, 2.24) is 5.32 Å². The average molecular weight is 361 g/mol. The van der Waals surface area contributed by atoms with Gasteiger partial charge in [0.05, 0.1) is 16.2 Å². The molecule has 5 heteroatoms. The molecule has 0 saturated heterocycles. The van der Waals surface area contributed by atoms with Crippen LogP contribution in [0.25, 0.3) is 0 Å². The molecule has 0 unspecified atom stereocenters. The number of rotatable bonds is 3. The molecule has 1 aliphatic carbocycles. The van der Waals surface area contributed by atoms with E-state index in [9.17, 15) is 9.90 Å². The van der Waals surface area contributed by atoms with Gasteiger partial charge in [0.25, 0.3) is 5.91 Å². The molecule has 1 amide bonds. The topological polar surface area (TPSA) is 49.3 Å². The summed E-state index contributed by atoms with van der Waals surface area (Å²) in [4.78, 5) is 12.2. The second-order valence-electron chi connectivity index (χ2n) is 5.42. The second-order valence-corrected chi connectivity index (χ2v) is 6.65. The predicted octanol–water partition coefficient (Wildman–Crippen LogP) is 3.92. The highest BCUT2D eigenvalue weighted by molar-refractivity contribution is 9.10. The summed E-state index contributed by atoms with van der Waals surface area (Å²) in [5, 5.41) is 13.7. The number of hydrogen-bond acceptors (Lipinski definition) is 2. The first-order valence-electron chi connectivity index (χ1n) is 6.96. The zero-order chi connectivity index (χ0) is 14.6. The number of hydrogen-bond donors (Lipinski definition) is 2. The van der Waals surface area contributed by atoms with E-state index in [4.69, 9.17) is 11.6 Å². The fraction of sp³-hybridized carbons (Fsp3) is 0.533. The van der Waals surface area contributed by atoms with Crippen LogP contribution in [-0.2, 0) is 0 Å². The van der Waals surface area contributed by atoms with Crippen molar-refractivity contribution in [2.24, 2.45) is 0 Å². The third-order valence-electron chi connectivity index (χ3n) is 3.81. The fourth-order valence-electron chi connectivity index (χ4n) is 2.58. The predicted molar refractivity (Wildman–Crippen MR) is 84.1 cm³/mol. The molecule has 1 fully saturated rings. The lowest BCUT2D eigenvalue weighted by molar-refractivity contribution is 0.0246. The Bertz CT molecular complexity index is 485. The second kappa shape index (κ2) is 6.92. The van der Waals surface area contributed by atoms with Crippen LogP contribution in [0.4, 0.5) is 0 Å². The number of carbonyl (C=O) groups is 1. The van der Waals surface area contributed by atoms with E-state index in [1.165, 1.54) is 0 Å². The summed E-state index contributed by atoms with van der Waals surface area (Å²) in [7, 11) is 0. The lowest BCUT2D eigenvalue weighted by Crippen LogP contribution is -2.42. The third kappa shape index (κ3) is 3.96. The number of halogens is 2. The molecule has 0 heterocycles. The maximum atomic E-state index is 12.2. The maximum Gasteiger partial charge on any atom is 0.252 e. The van der Waals surface area contributed by atoms with Crippen molar-refractivity contribution in [2.75, 3.05) is 6.54 Å². The summed E-state index contributed by atoms with van der Waals surface area (Å²) < 4.78 is 0.694. The average Bonchev–Trinajstić information content (AvgIpc) is 2.65. The van der Waals surface area contributed by atoms with Crippen LogP contribution in [0.3, 0.4) is 0 Å². The molecule has 0 bridgehead atoms. The molecule has 1 aromatic rings. The highest BCUT2D eigenvalue weighted by Crippen LogP contribution is 2.28.